The predicted octanol–water partition coefficient (Wildman–Crippen LogP) is 4.12. The van der Waals surface area contributed by atoms with Gasteiger partial charge in [-0.05, 0) is 68.3 Å². The first-order chi connectivity index (χ1) is 16.6. The van der Waals surface area contributed by atoms with Gasteiger partial charge in [0.25, 0.3) is 5.56 Å². The van der Waals surface area contributed by atoms with Gasteiger partial charge in [-0.1, -0.05) is 44.2 Å². The molecule has 1 heterocycles. The summed E-state index contributed by atoms with van der Waals surface area (Å²) in [5.74, 6) is 1.21. The molecule has 1 aromatic heterocycles. The van der Waals surface area contributed by atoms with Crippen molar-refractivity contribution < 1.29 is 4.79 Å². The van der Waals surface area contributed by atoms with Crippen molar-refractivity contribution in [3.8, 4) is 0 Å². The molecule has 0 radical (unpaired) electrons. The number of hydrogen-bond acceptors (Lipinski definition) is 4. The minimum absolute atomic E-state index is 0.0324. The molecule has 4 saturated carbocycles. The molecule has 35 heavy (non-hydrogen) atoms. The van der Waals surface area contributed by atoms with Crippen LogP contribution in [0.1, 0.15) is 64.4 Å². The molecule has 8 heteroatoms. The van der Waals surface area contributed by atoms with Crippen LogP contribution < -0.4 is 21.9 Å². The van der Waals surface area contributed by atoms with Gasteiger partial charge in [-0.15, -0.1) is 11.6 Å². The number of nitrogens with zero attached hydrogens (tertiary/aromatic N) is 2. The number of nitrogens with one attached hydrogen (secondary N) is 1. The van der Waals surface area contributed by atoms with E-state index in [9.17, 15) is 14.4 Å². The van der Waals surface area contributed by atoms with Crippen LogP contribution in [0.2, 0.25) is 0 Å². The van der Waals surface area contributed by atoms with Gasteiger partial charge in [0.05, 0.1) is 12.0 Å². The number of amides is 1. The number of aromatic nitrogens is 2. The maximum atomic E-state index is 14.4. The van der Waals surface area contributed by atoms with Crippen molar-refractivity contribution in [2.24, 2.45) is 23.2 Å². The molecule has 2 aromatic rings. The number of H-pyrrole nitrogens is 1. The van der Waals surface area contributed by atoms with Crippen LogP contribution in [-0.4, -0.2) is 26.9 Å². The molecule has 3 N–H and O–H groups in total. The molecule has 0 spiro atoms. The number of alkyl halides is 1. The Morgan fingerprint density at radius 1 is 1.17 bits per heavy atom. The maximum Gasteiger partial charge on any atom is 0.330 e. The lowest BCUT2D eigenvalue weighted by Gasteiger charge is -2.59. The van der Waals surface area contributed by atoms with Crippen molar-refractivity contribution in [1.29, 1.82) is 0 Å². The summed E-state index contributed by atoms with van der Waals surface area (Å²) in [6.07, 6.45) is 6.07. The first kappa shape index (κ1) is 24.2. The second kappa shape index (κ2) is 8.84. The smallest absolute Gasteiger partial charge is 0.330 e. The van der Waals surface area contributed by atoms with E-state index in [0.29, 0.717) is 30.7 Å². The molecule has 1 aromatic carbocycles. The third-order valence-corrected chi connectivity index (χ3v) is 8.73. The van der Waals surface area contributed by atoms with E-state index in [1.54, 1.807) is 4.90 Å². The van der Waals surface area contributed by atoms with Gasteiger partial charge in [0.15, 0.2) is 5.69 Å². The number of nitrogens with two attached hydrogens (primary N) is 1. The highest BCUT2D eigenvalue weighted by Gasteiger charge is 2.61. The van der Waals surface area contributed by atoms with Crippen molar-refractivity contribution >= 4 is 29.0 Å². The molecule has 7 nitrogen and oxygen atoms in total. The van der Waals surface area contributed by atoms with Gasteiger partial charge in [0.2, 0.25) is 5.91 Å². The largest absolute Gasteiger partial charge is 0.383 e. The molecular formula is C27H35ClN4O3. The summed E-state index contributed by atoms with van der Waals surface area (Å²) < 4.78 is 1.35. The van der Waals surface area contributed by atoms with Gasteiger partial charge in [-0.25, -0.2) is 4.79 Å². The first-order valence-corrected chi connectivity index (χ1v) is 13.1. The monoisotopic (exact) mass is 498 g/mol. The highest BCUT2D eigenvalue weighted by molar-refractivity contribution is 6.24. The number of aromatic amines is 1. The Labute approximate surface area is 210 Å². The number of carbonyl (C=O) groups excluding carboxylic acids is 1. The molecular weight excluding hydrogens is 464 g/mol. The van der Waals surface area contributed by atoms with E-state index in [1.165, 1.54) is 4.57 Å². The quantitative estimate of drug-likeness (QED) is 0.560. The maximum absolute atomic E-state index is 14.4. The Hall–Kier alpha value is -2.54. The zero-order valence-electron chi connectivity index (χ0n) is 20.6. The Morgan fingerprint density at radius 3 is 2.43 bits per heavy atom. The van der Waals surface area contributed by atoms with Gasteiger partial charge in [0, 0.05) is 11.4 Å². The van der Waals surface area contributed by atoms with E-state index in [-0.39, 0.29) is 28.8 Å². The number of benzene rings is 1. The molecule has 4 fully saturated rings. The fourth-order valence-electron chi connectivity index (χ4n) is 7.15. The molecule has 0 unspecified atom stereocenters. The number of anilines is 2. The molecule has 188 valence electrons. The Morgan fingerprint density at radius 2 is 1.83 bits per heavy atom. The van der Waals surface area contributed by atoms with E-state index in [4.69, 9.17) is 17.3 Å². The Kier molecular flexibility index (Phi) is 6.10. The van der Waals surface area contributed by atoms with E-state index in [2.05, 4.69) is 18.8 Å². The van der Waals surface area contributed by atoms with Gasteiger partial charge in [-0.2, -0.15) is 0 Å². The zero-order valence-corrected chi connectivity index (χ0v) is 21.3. The Bertz CT molecular complexity index is 1220. The zero-order chi connectivity index (χ0) is 25.0. The topological polar surface area (TPSA) is 101 Å². The van der Waals surface area contributed by atoms with E-state index >= 15 is 0 Å². The lowest BCUT2D eigenvalue weighted by molar-refractivity contribution is -0.141. The van der Waals surface area contributed by atoms with Crippen LogP contribution >= 0.6 is 11.6 Å². The summed E-state index contributed by atoms with van der Waals surface area (Å²) in [5, 5.41) is 0. The van der Waals surface area contributed by atoms with Gasteiger partial charge >= 0.3 is 5.69 Å². The summed E-state index contributed by atoms with van der Waals surface area (Å²) in [5.41, 5.74) is 5.73. The molecule has 6 rings (SSSR count). The summed E-state index contributed by atoms with van der Waals surface area (Å²) in [6, 6.07) is 9.46. The average molecular weight is 499 g/mol. The summed E-state index contributed by atoms with van der Waals surface area (Å²) >= 11 is 7.03. The molecule has 1 amide bonds. The van der Waals surface area contributed by atoms with E-state index < -0.39 is 16.7 Å². The highest BCUT2D eigenvalue weighted by Crippen LogP contribution is 2.64. The molecule has 4 aliphatic carbocycles. The standard InChI is InChI=1S/C27H35ClN4O3/c1-17(2)8-9-31(24(34)26-11-19-10-20(12-26)14-27(28,13-19)16-26)21-22(29)32(25(35)30-23(21)33)15-18-6-4-3-5-7-18/h3-7,17,19-20H,8-16,29H2,1-2H3,(H,30,33,35)/t19-,20-,26?,27?/m1/s1. The molecule has 0 aliphatic heterocycles. The average Bonchev–Trinajstić information content (AvgIpc) is 2.77. The van der Waals surface area contributed by atoms with E-state index in [1.807, 2.05) is 30.3 Å². The predicted molar refractivity (Wildman–Crippen MR) is 139 cm³/mol. The number of carbonyl (C=O) groups is 1. The van der Waals surface area contributed by atoms with E-state index in [0.717, 1.165) is 44.1 Å². The van der Waals surface area contributed by atoms with Crippen LogP contribution in [0.3, 0.4) is 0 Å². The minimum atomic E-state index is -0.612. The SMILES string of the molecule is CC(C)CCN(C(=O)C12C[C@H]3C[C@@H](CC(Cl)(C3)C1)C2)c1c(N)n(Cc2ccccc2)c(=O)[nH]c1=O. The van der Waals surface area contributed by atoms with Crippen molar-refractivity contribution in [3.63, 3.8) is 0 Å². The summed E-state index contributed by atoms with van der Waals surface area (Å²) in [4.78, 5) is 44.0. The number of hydrogen-bond donors (Lipinski definition) is 2. The molecule has 4 bridgehead atoms. The second-order valence-electron chi connectivity index (χ2n) is 11.6. The van der Waals surface area contributed by atoms with Crippen LogP contribution in [0.4, 0.5) is 11.5 Å². The third kappa shape index (κ3) is 4.44. The number of halogens is 1. The fraction of sp³-hybridized carbons (Fsp3) is 0.593. The summed E-state index contributed by atoms with van der Waals surface area (Å²) in [6.45, 7) is 4.76. The fourth-order valence-corrected chi connectivity index (χ4v) is 7.84. The first-order valence-electron chi connectivity index (χ1n) is 12.8. The van der Waals surface area contributed by atoms with Gasteiger partial charge in [-0.3, -0.25) is 19.1 Å². The molecule has 4 aliphatic rings. The van der Waals surface area contributed by atoms with Gasteiger partial charge < -0.3 is 10.6 Å². The third-order valence-electron chi connectivity index (χ3n) is 8.29. The van der Waals surface area contributed by atoms with Crippen molar-refractivity contribution in [3.05, 3.63) is 56.7 Å². The van der Waals surface area contributed by atoms with Crippen LogP contribution in [0.15, 0.2) is 39.9 Å². The van der Waals surface area contributed by atoms with Crippen LogP contribution in [0, 0.1) is 23.2 Å². The van der Waals surface area contributed by atoms with Crippen LogP contribution in [0.25, 0.3) is 0 Å². The summed E-state index contributed by atoms with van der Waals surface area (Å²) in [7, 11) is 0. The van der Waals surface area contributed by atoms with Crippen LogP contribution in [-0.2, 0) is 11.3 Å². The number of nitrogen functional groups attached to an aromatic ring is 1. The van der Waals surface area contributed by atoms with Crippen LogP contribution in [0.5, 0.6) is 0 Å². The second-order valence-corrected chi connectivity index (χ2v) is 12.4. The van der Waals surface area contributed by atoms with Crippen molar-refractivity contribution in [1.82, 2.24) is 9.55 Å². The highest BCUT2D eigenvalue weighted by atomic mass is 35.5. The lowest BCUT2D eigenvalue weighted by Crippen LogP contribution is -2.60. The van der Waals surface area contributed by atoms with Crippen molar-refractivity contribution in [2.75, 3.05) is 17.2 Å². The molecule has 0 saturated heterocycles. The van der Waals surface area contributed by atoms with Gasteiger partial charge in [0.1, 0.15) is 5.82 Å². The normalized spacial score (nSPS) is 29.0. The van der Waals surface area contributed by atoms with Crippen molar-refractivity contribution in [2.45, 2.75) is 70.2 Å². The molecule has 2 atom stereocenters. The lowest BCUT2D eigenvalue weighted by atomic mass is 9.49. The Balaban J connectivity index is 1.57. The number of rotatable bonds is 7. The minimum Gasteiger partial charge on any atom is -0.383 e.